The third-order valence-corrected chi connectivity index (χ3v) is 4.62. The highest BCUT2D eigenvalue weighted by Crippen LogP contribution is 2.36. The van der Waals surface area contributed by atoms with E-state index in [2.05, 4.69) is 33.5 Å². The summed E-state index contributed by atoms with van der Waals surface area (Å²) >= 11 is 15.3. The molecule has 144 valence electrons. The highest BCUT2D eigenvalue weighted by molar-refractivity contribution is 9.10. The first-order valence-electron chi connectivity index (χ1n) is 8.36. The molecule has 2 N–H and O–H groups in total. The lowest BCUT2D eigenvalue weighted by atomic mass is 10.2. The van der Waals surface area contributed by atoms with Crippen molar-refractivity contribution in [2.24, 2.45) is 0 Å². The molecule has 0 unspecified atom stereocenters. The second-order valence-electron chi connectivity index (χ2n) is 5.73. The zero-order valence-corrected chi connectivity index (χ0v) is 17.7. The molecule has 0 bridgehead atoms. The van der Waals surface area contributed by atoms with Crippen LogP contribution in [0.5, 0.6) is 5.75 Å². The molecular formula is C19H19BrCl2N2O3. The van der Waals surface area contributed by atoms with Crippen LogP contribution in [0.3, 0.4) is 0 Å². The number of ether oxygens (including phenoxy) is 1. The Morgan fingerprint density at radius 1 is 1.19 bits per heavy atom. The number of halogens is 3. The van der Waals surface area contributed by atoms with Gasteiger partial charge in [0.25, 0.3) is 11.8 Å². The van der Waals surface area contributed by atoms with E-state index in [1.54, 1.807) is 30.3 Å². The lowest BCUT2D eigenvalue weighted by molar-refractivity contribution is -0.118. The zero-order chi connectivity index (χ0) is 19.8. The van der Waals surface area contributed by atoms with Crippen LogP contribution in [0.25, 0.3) is 0 Å². The van der Waals surface area contributed by atoms with Gasteiger partial charge in [-0.3, -0.25) is 9.59 Å². The van der Waals surface area contributed by atoms with E-state index in [0.29, 0.717) is 38.1 Å². The summed E-state index contributed by atoms with van der Waals surface area (Å²) in [5, 5.41) is 6.29. The van der Waals surface area contributed by atoms with Gasteiger partial charge in [0.1, 0.15) is 0 Å². The van der Waals surface area contributed by atoms with Crippen molar-refractivity contribution in [1.29, 1.82) is 0 Å². The van der Waals surface area contributed by atoms with Crippen molar-refractivity contribution in [1.82, 2.24) is 5.32 Å². The standard InChI is InChI=1S/C19H19BrCl2N2O3/c1-2-3-7-23-19(26)12-5-4-6-14(8-12)24-17(25)11-27-18-15(20)9-13(21)10-16(18)22/h4-6,8-10H,2-3,7,11H2,1H3,(H,23,26)(H,24,25). The van der Waals surface area contributed by atoms with Gasteiger partial charge in [0.2, 0.25) is 0 Å². The molecular weight excluding hydrogens is 455 g/mol. The summed E-state index contributed by atoms with van der Waals surface area (Å²) in [5.74, 6) is -0.218. The maximum absolute atomic E-state index is 12.1. The fourth-order valence-corrected chi connectivity index (χ4v) is 3.59. The fraction of sp³-hybridized carbons (Fsp3) is 0.263. The lowest BCUT2D eigenvalue weighted by Gasteiger charge is -2.11. The summed E-state index contributed by atoms with van der Waals surface area (Å²) in [7, 11) is 0. The summed E-state index contributed by atoms with van der Waals surface area (Å²) < 4.78 is 6.03. The molecule has 0 atom stereocenters. The van der Waals surface area contributed by atoms with Crippen LogP contribution in [-0.4, -0.2) is 25.0 Å². The number of anilines is 1. The molecule has 0 saturated heterocycles. The Morgan fingerprint density at radius 3 is 2.67 bits per heavy atom. The maximum Gasteiger partial charge on any atom is 0.262 e. The van der Waals surface area contributed by atoms with E-state index in [9.17, 15) is 9.59 Å². The second kappa shape index (κ2) is 10.5. The number of carbonyl (C=O) groups is 2. The van der Waals surface area contributed by atoms with Crippen LogP contribution < -0.4 is 15.4 Å². The van der Waals surface area contributed by atoms with Crippen molar-refractivity contribution in [2.75, 3.05) is 18.5 Å². The molecule has 0 aromatic heterocycles. The Morgan fingerprint density at radius 2 is 1.96 bits per heavy atom. The Balaban J connectivity index is 1.94. The molecule has 0 heterocycles. The molecule has 5 nitrogen and oxygen atoms in total. The van der Waals surface area contributed by atoms with E-state index >= 15 is 0 Å². The summed E-state index contributed by atoms with van der Waals surface area (Å²) in [6.07, 6.45) is 1.92. The van der Waals surface area contributed by atoms with Crippen LogP contribution in [0, 0.1) is 0 Å². The van der Waals surface area contributed by atoms with Crippen LogP contribution in [0.1, 0.15) is 30.1 Å². The number of rotatable bonds is 8. The fourth-order valence-electron chi connectivity index (χ4n) is 2.22. The monoisotopic (exact) mass is 472 g/mol. The molecule has 0 aliphatic rings. The van der Waals surface area contributed by atoms with Crippen molar-refractivity contribution in [3.63, 3.8) is 0 Å². The maximum atomic E-state index is 12.1. The van der Waals surface area contributed by atoms with Crippen LogP contribution >= 0.6 is 39.1 Å². The molecule has 27 heavy (non-hydrogen) atoms. The summed E-state index contributed by atoms with van der Waals surface area (Å²) in [6, 6.07) is 9.87. The second-order valence-corrected chi connectivity index (χ2v) is 7.42. The van der Waals surface area contributed by atoms with Gasteiger partial charge in [0, 0.05) is 22.8 Å². The third kappa shape index (κ3) is 6.72. The first-order chi connectivity index (χ1) is 12.9. The Labute approximate surface area is 176 Å². The van der Waals surface area contributed by atoms with Crippen LogP contribution in [0.4, 0.5) is 5.69 Å². The molecule has 2 amide bonds. The predicted molar refractivity (Wildman–Crippen MR) is 112 cm³/mol. The van der Waals surface area contributed by atoms with Crippen molar-refractivity contribution in [3.05, 3.63) is 56.5 Å². The van der Waals surface area contributed by atoms with Gasteiger partial charge in [0.15, 0.2) is 12.4 Å². The Bertz CT molecular complexity index is 807. The van der Waals surface area contributed by atoms with E-state index in [1.807, 2.05) is 0 Å². The number of amides is 2. The molecule has 0 spiro atoms. The molecule has 8 heteroatoms. The Kier molecular flexibility index (Phi) is 8.41. The van der Waals surface area contributed by atoms with Gasteiger partial charge in [-0.25, -0.2) is 0 Å². The SMILES string of the molecule is CCCCNC(=O)c1cccc(NC(=O)COc2c(Cl)cc(Cl)cc2Br)c1. The number of hydrogen-bond acceptors (Lipinski definition) is 3. The quantitative estimate of drug-likeness (QED) is 0.511. The molecule has 2 aromatic carbocycles. The molecule has 0 fully saturated rings. The van der Waals surface area contributed by atoms with Gasteiger partial charge in [-0.1, -0.05) is 42.6 Å². The molecule has 2 aromatic rings. The first kappa shape index (κ1) is 21.5. The first-order valence-corrected chi connectivity index (χ1v) is 9.91. The van der Waals surface area contributed by atoms with Gasteiger partial charge in [-0.2, -0.15) is 0 Å². The number of benzene rings is 2. The number of carbonyl (C=O) groups excluding carboxylic acids is 2. The van der Waals surface area contributed by atoms with Crippen LogP contribution in [0.2, 0.25) is 10.0 Å². The average molecular weight is 474 g/mol. The highest BCUT2D eigenvalue weighted by Gasteiger charge is 2.12. The molecule has 0 aliphatic carbocycles. The normalized spacial score (nSPS) is 10.4. The van der Waals surface area contributed by atoms with E-state index < -0.39 is 0 Å². The third-order valence-electron chi connectivity index (χ3n) is 3.54. The number of hydrogen-bond donors (Lipinski definition) is 2. The zero-order valence-electron chi connectivity index (χ0n) is 14.7. The minimum atomic E-state index is -0.378. The van der Waals surface area contributed by atoms with E-state index in [1.165, 1.54) is 6.07 Å². The van der Waals surface area contributed by atoms with Gasteiger partial charge >= 0.3 is 0 Å². The average Bonchev–Trinajstić information content (AvgIpc) is 2.61. The molecule has 2 rings (SSSR count). The van der Waals surface area contributed by atoms with Crippen molar-refractivity contribution < 1.29 is 14.3 Å². The van der Waals surface area contributed by atoms with E-state index in [-0.39, 0.29) is 18.4 Å². The van der Waals surface area contributed by atoms with Gasteiger partial charge < -0.3 is 15.4 Å². The van der Waals surface area contributed by atoms with Crippen molar-refractivity contribution in [3.8, 4) is 5.75 Å². The predicted octanol–water partition coefficient (Wildman–Crippen LogP) is 5.30. The van der Waals surface area contributed by atoms with Gasteiger partial charge in [-0.05, 0) is 52.7 Å². The lowest BCUT2D eigenvalue weighted by Crippen LogP contribution is -2.25. The molecule has 0 radical (unpaired) electrons. The van der Waals surface area contributed by atoms with Crippen molar-refractivity contribution in [2.45, 2.75) is 19.8 Å². The number of unbranched alkanes of at least 4 members (excludes halogenated alkanes) is 1. The van der Waals surface area contributed by atoms with Crippen LogP contribution in [-0.2, 0) is 4.79 Å². The summed E-state index contributed by atoms with van der Waals surface area (Å²) in [4.78, 5) is 24.2. The van der Waals surface area contributed by atoms with Gasteiger partial charge in [0.05, 0.1) is 9.50 Å². The van der Waals surface area contributed by atoms with Crippen molar-refractivity contribution >= 4 is 56.6 Å². The smallest absolute Gasteiger partial charge is 0.262 e. The summed E-state index contributed by atoms with van der Waals surface area (Å²) in [5.41, 5.74) is 0.987. The van der Waals surface area contributed by atoms with Crippen LogP contribution in [0.15, 0.2) is 40.9 Å². The number of nitrogens with one attached hydrogen (secondary N) is 2. The van der Waals surface area contributed by atoms with E-state index in [0.717, 1.165) is 12.8 Å². The minimum absolute atomic E-state index is 0.173. The molecule has 0 aliphatic heterocycles. The molecule has 0 saturated carbocycles. The van der Waals surface area contributed by atoms with E-state index in [4.69, 9.17) is 27.9 Å². The highest BCUT2D eigenvalue weighted by atomic mass is 79.9. The topological polar surface area (TPSA) is 67.4 Å². The Hall–Kier alpha value is -1.76. The van der Waals surface area contributed by atoms with Gasteiger partial charge in [-0.15, -0.1) is 0 Å². The summed E-state index contributed by atoms with van der Waals surface area (Å²) in [6.45, 7) is 2.43. The largest absolute Gasteiger partial charge is 0.481 e. The minimum Gasteiger partial charge on any atom is -0.481 e.